The fraction of sp³-hybridized carbons (Fsp3) is 0.700. The molecule has 1 aromatic rings. The Hall–Kier alpha value is -0.400. The van der Waals surface area contributed by atoms with Crippen molar-refractivity contribution in [2.75, 3.05) is 13.1 Å². The molecule has 7 heteroatoms. The largest absolute Gasteiger partial charge is 0.332 e. The molecule has 2 heterocycles. The van der Waals surface area contributed by atoms with Crippen molar-refractivity contribution in [1.82, 2.24) is 14.3 Å². The molecule has 0 amide bonds. The number of hydrogen-bond acceptors (Lipinski definition) is 3. The molecule has 96 valence electrons. The van der Waals surface area contributed by atoms with Crippen LogP contribution in [0.25, 0.3) is 0 Å². The summed E-state index contributed by atoms with van der Waals surface area (Å²) in [6.45, 7) is 4.96. The number of sulfonamides is 1. The Balaban J connectivity index is 2.22. The summed E-state index contributed by atoms with van der Waals surface area (Å²) in [5, 5.41) is 0.184. The van der Waals surface area contributed by atoms with Gasteiger partial charge in [-0.2, -0.15) is 4.31 Å². The number of H-pyrrole nitrogens is 1. The molecule has 0 spiro atoms. The van der Waals surface area contributed by atoms with E-state index in [0.29, 0.717) is 24.8 Å². The first kappa shape index (κ1) is 13.0. The van der Waals surface area contributed by atoms with E-state index in [1.54, 1.807) is 6.92 Å². The van der Waals surface area contributed by atoms with Crippen LogP contribution in [0, 0.1) is 12.8 Å². The lowest BCUT2D eigenvalue weighted by Gasteiger charge is -2.32. The maximum atomic E-state index is 12.3. The van der Waals surface area contributed by atoms with Crippen LogP contribution in [-0.2, 0) is 10.0 Å². The van der Waals surface area contributed by atoms with Gasteiger partial charge in [-0.3, -0.25) is 0 Å². The molecule has 1 N–H and O–H groups in total. The molecule has 1 aromatic heterocycles. The van der Waals surface area contributed by atoms with Crippen LogP contribution in [0.2, 0.25) is 0 Å². The van der Waals surface area contributed by atoms with Crippen molar-refractivity contribution in [3.63, 3.8) is 0 Å². The summed E-state index contributed by atoms with van der Waals surface area (Å²) in [6, 6.07) is 0. The van der Waals surface area contributed by atoms with E-state index in [-0.39, 0.29) is 9.85 Å². The van der Waals surface area contributed by atoms with Gasteiger partial charge in [0.2, 0.25) is 0 Å². The van der Waals surface area contributed by atoms with Gasteiger partial charge in [-0.1, -0.05) is 22.9 Å². The number of aromatic nitrogens is 2. The Morgan fingerprint density at radius 1 is 1.59 bits per heavy atom. The minimum atomic E-state index is -3.41. The second kappa shape index (κ2) is 4.70. The van der Waals surface area contributed by atoms with Crippen LogP contribution in [0.3, 0.4) is 0 Å². The molecule has 0 aromatic carbocycles. The maximum absolute atomic E-state index is 12.3. The normalized spacial score (nSPS) is 27.2. The number of alkyl halides is 1. The second-order valence-corrected chi connectivity index (χ2v) is 7.56. The SMILES string of the molecule is Cc1ncc(S(=O)(=O)N2CCC(C)C(Br)C2)[nH]1. The molecule has 5 nitrogen and oxygen atoms in total. The highest BCUT2D eigenvalue weighted by atomic mass is 79.9. The van der Waals surface area contributed by atoms with Crippen molar-refractivity contribution in [3.8, 4) is 0 Å². The zero-order valence-corrected chi connectivity index (χ0v) is 12.3. The van der Waals surface area contributed by atoms with E-state index in [2.05, 4.69) is 32.8 Å². The summed E-state index contributed by atoms with van der Waals surface area (Å²) in [6.07, 6.45) is 2.26. The summed E-state index contributed by atoms with van der Waals surface area (Å²) in [4.78, 5) is 6.94. The molecule has 1 aliphatic heterocycles. The Kier molecular flexibility index (Phi) is 3.61. The number of hydrogen-bond donors (Lipinski definition) is 1. The number of imidazole rings is 1. The lowest BCUT2D eigenvalue weighted by Crippen LogP contribution is -2.43. The molecule has 0 aliphatic carbocycles. The van der Waals surface area contributed by atoms with Crippen LogP contribution in [-0.4, -0.2) is 40.6 Å². The monoisotopic (exact) mass is 321 g/mol. The average molecular weight is 322 g/mol. The minimum Gasteiger partial charge on any atom is -0.332 e. The summed E-state index contributed by atoms with van der Waals surface area (Å²) < 4.78 is 26.1. The molecule has 2 unspecified atom stereocenters. The molecular weight excluding hydrogens is 306 g/mol. The van der Waals surface area contributed by atoms with Crippen molar-refractivity contribution < 1.29 is 8.42 Å². The Bertz CT molecular complexity index is 499. The third kappa shape index (κ3) is 2.56. The molecule has 2 atom stereocenters. The predicted octanol–water partition coefficient (Wildman–Crippen LogP) is 1.51. The van der Waals surface area contributed by atoms with Crippen molar-refractivity contribution in [2.45, 2.75) is 30.1 Å². The van der Waals surface area contributed by atoms with Gasteiger partial charge < -0.3 is 4.98 Å². The van der Waals surface area contributed by atoms with Gasteiger partial charge in [-0.25, -0.2) is 13.4 Å². The number of aryl methyl sites for hydroxylation is 1. The van der Waals surface area contributed by atoms with Crippen LogP contribution < -0.4 is 0 Å². The van der Waals surface area contributed by atoms with Crippen molar-refractivity contribution in [3.05, 3.63) is 12.0 Å². The van der Waals surface area contributed by atoms with E-state index in [0.717, 1.165) is 6.42 Å². The minimum absolute atomic E-state index is 0.184. The van der Waals surface area contributed by atoms with Gasteiger partial charge in [0.05, 0.1) is 6.20 Å². The number of aromatic amines is 1. The van der Waals surface area contributed by atoms with E-state index in [4.69, 9.17) is 0 Å². The van der Waals surface area contributed by atoms with Gasteiger partial charge in [-0.05, 0) is 19.3 Å². The summed E-state index contributed by atoms with van der Waals surface area (Å²) in [5.74, 6) is 1.12. The van der Waals surface area contributed by atoms with Crippen molar-refractivity contribution in [2.24, 2.45) is 5.92 Å². The fourth-order valence-corrected chi connectivity index (χ4v) is 4.13. The Morgan fingerprint density at radius 3 is 2.82 bits per heavy atom. The molecule has 2 rings (SSSR count). The quantitative estimate of drug-likeness (QED) is 0.840. The molecule has 17 heavy (non-hydrogen) atoms. The standard InChI is InChI=1S/C10H16BrN3O2S/c1-7-3-4-14(6-9(7)11)17(15,16)10-5-12-8(2)13-10/h5,7,9H,3-4,6H2,1-2H3,(H,12,13). The van der Waals surface area contributed by atoms with Gasteiger partial charge in [0.25, 0.3) is 10.0 Å². The van der Waals surface area contributed by atoms with E-state index in [9.17, 15) is 8.42 Å². The predicted molar refractivity (Wildman–Crippen MR) is 68.6 cm³/mol. The second-order valence-electron chi connectivity index (χ2n) is 4.48. The molecule has 1 fully saturated rings. The molecule has 0 bridgehead atoms. The van der Waals surface area contributed by atoms with Gasteiger partial charge in [0, 0.05) is 17.9 Å². The third-order valence-electron chi connectivity index (χ3n) is 3.13. The average Bonchev–Trinajstić information content (AvgIpc) is 2.69. The zero-order chi connectivity index (χ0) is 12.6. The van der Waals surface area contributed by atoms with E-state index in [1.807, 2.05) is 0 Å². The number of rotatable bonds is 2. The van der Waals surface area contributed by atoms with Crippen molar-refractivity contribution in [1.29, 1.82) is 0 Å². The van der Waals surface area contributed by atoms with Gasteiger partial charge in [0.15, 0.2) is 5.03 Å². The van der Waals surface area contributed by atoms with Gasteiger partial charge in [-0.15, -0.1) is 0 Å². The number of piperidine rings is 1. The lowest BCUT2D eigenvalue weighted by atomic mass is 10.0. The molecule has 1 saturated heterocycles. The first-order valence-corrected chi connectivity index (χ1v) is 7.92. The first-order chi connectivity index (χ1) is 7.91. The van der Waals surface area contributed by atoms with E-state index >= 15 is 0 Å². The summed E-state index contributed by atoms with van der Waals surface area (Å²) >= 11 is 3.53. The van der Waals surface area contributed by atoms with Crippen LogP contribution in [0.15, 0.2) is 11.2 Å². The highest BCUT2D eigenvalue weighted by Gasteiger charge is 2.33. The lowest BCUT2D eigenvalue weighted by molar-refractivity contribution is 0.299. The number of nitrogens with zero attached hydrogens (tertiary/aromatic N) is 2. The van der Waals surface area contributed by atoms with Gasteiger partial charge in [0.1, 0.15) is 5.82 Å². The van der Waals surface area contributed by atoms with Gasteiger partial charge >= 0.3 is 0 Å². The fourth-order valence-electron chi connectivity index (χ4n) is 1.88. The summed E-state index contributed by atoms with van der Waals surface area (Å²) in [7, 11) is -3.41. The summed E-state index contributed by atoms with van der Waals surface area (Å²) in [5.41, 5.74) is 0. The maximum Gasteiger partial charge on any atom is 0.260 e. The molecular formula is C10H16BrN3O2S. The Morgan fingerprint density at radius 2 is 2.29 bits per heavy atom. The van der Waals surface area contributed by atoms with Crippen LogP contribution >= 0.6 is 15.9 Å². The Labute approximate surface area is 110 Å². The smallest absolute Gasteiger partial charge is 0.260 e. The first-order valence-electron chi connectivity index (χ1n) is 5.57. The number of halogens is 1. The molecule has 1 aliphatic rings. The van der Waals surface area contributed by atoms with E-state index < -0.39 is 10.0 Å². The number of nitrogens with one attached hydrogen (secondary N) is 1. The molecule has 0 saturated carbocycles. The highest BCUT2D eigenvalue weighted by Crippen LogP contribution is 2.27. The van der Waals surface area contributed by atoms with Crippen LogP contribution in [0.1, 0.15) is 19.2 Å². The topological polar surface area (TPSA) is 66.1 Å². The van der Waals surface area contributed by atoms with E-state index in [1.165, 1.54) is 10.5 Å². The van der Waals surface area contributed by atoms with Crippen LogP contribution in [0.4, 0.5) is 0 Å². The highest BCUT2D eigenvalue weighted by molar-refractivity contribution is 9.09. The zero-order valence-electron chi connectivity index (χ0n) is 9.85. The van der Waals surface area contributed by atoms with Crippen molar-refractivity contribution >= 4 is 26.0 Å². The third-order valence-corrected chi connectivity index (χ3v) is 6.09. The van der Waals surface area contributed by atoms with Crippen LogP contribution in [0.5, 0.6) is 0 Å². The molecule has 0 radical (unpaired) electrons.